The lowest BCUT2D eigenvalue weighted by molar-refractivity contribution is 0.128. The van der Waals surface area contributed by atoms with Crippen LogP contribution in [0.1, 0.15) is 12.5 Å². The van der Waals surface area contributed by atoms with Gasteiger partial charge in [-0.2, -0.15) is 5.26 Å². The van der Waals surface area contributed by atoms with Crippen LogP contribution in [0.5, 0.6) is 0 Å². The van der Waals surface area contributed by atoms with Crippen LogP contribution in [0.4, 0.5) is 5.82 Å². The van der Waals surface area contributed by atoms with Crippen molar-refractivity contribution in [3.8, 4) is 6.07 Å². The van der Waals surface area contributed by atoms with Crippen LogP contribution >= 0.6 is 0 Å². The molecular formula is C14H15N3O. The smallest absolute Gasteiger partial charge is 0.128 e. The molecule has 0 spiro atoms. The molecule has 1 unspecified atom stereocenters. The minimum Gasteiger partial charge on any atom is -0.380 e. The molecular weight excluding hydrogens is 226 g/mol. The number of hydrogen-bond acceptors (Lipinski definition) is 4. The fourth-order valence-corrected chi connectivity index (χ4v) is 1.69. The molecule has 1 aromatic heterocycles. The summed E-state index contributed by atoms with van der Waals surface area (Å²) >= 11 is 0. The number of ether oxygens (including phenoxy) is 1. The van der Waals surface area contributed by atoms with Gasteiger partial charge < -0.3 is 10.1 Å². The highest BCUT2D eigenvalue weighted by atomic mass is 16.5. The highest BCUT2D eigenvalue weighted by molar-refractivity contribution is 5.86. The van der Waals surface area contributed by atoms with E-state index < -0.39 is 0 Å². The summed E-state index contributed by atoms with van der Waals surface area (Å²) in [5.74, 6) is 0.703. The maximum Gasteiger partial charge on any atom is 0.128 e. The topological polar surface area (TPSA) is 57.9 Å². The summed E-state index contributed by atoms with van der Waals surface area (Å²) in [6.45, 7) is 2.63. The molecule has 0 amide bonds. The van der Waals surface area contributed by atoms with Crippen molar-refractivity contribution in [3.63, 3.8) is 0 Å². The van der Waals surface area contributed by atoms with Crippen LogP contribution in [0.3, 0.4) is 0 Å². The van der Waals surface area contributed by atoms with E-state index in [1.54, 1.807) is 13.2 Å². The third kappa shape index (κ3) is 2.58. The first-order chi connectivity index (χ1) is 8.74. The van der Waals surface area contributed by atoms with Crippen molar-refractivity contribution in [2.75, 3.05) is 19.0 Å². The highest BCUT2D eigenvalue weighted by Gasteiger charge is 2.06. The summed E-state index contributed by atoms with van der Waals surface area (Å²) in [5, 5.41) is 13.2. The quantitative estimate of drug-likeness (QED) is 0.893. The van der Waals surface area contributed by atoms with Gasteiger partial charge in [-0.25, -0.2) is 4.98 Å². The van der Waals surface area contributed by atoms with E-state index in [1.165, 1.54) is 0 Å². The zero-order valence-corrected chi connectivity index (χ0v) is 10.5. The molecule has 0 fully saturated rings. The minimum atomic E-state index is 0.101. The summed E-state index contributed by atoms with van der Waals surface area (Å²) in [6.07, 6.45) is 0.101. The van der Waals surface area contributed by atoms with E-state index in [1.807, 2.05) is 31.2 Å². The number of fused-ring (bicyclic) bond motifs is 1. The van der Waals surface area contributed by atoms with Crippen LogP contribution in [-0.4, -0.2) is 24.7 Å². The van der Waals surface area contributed by atoms with Gasteiger partial charge in [0.2, 0.25) is 0 Å². The number of methoxy groups -OCH3 is 1. The number of pyridine rings is 1. The Hall–Kier alpha value is -2.12. The normalized spacial score (nSPS) is 12.1. The second-order valence-electron chi connectivity index (χ2n) is 4.11. The van der Waals surface area contributed by atoms with Gasteiger partial charge in [-0.1, -0.05) is 18.2 Å². The predicted octanol–water partition coefficient (Wildman–Crippen LogP) is 2.55. The molecule has 1 aromatic carbocycles. The summed E-state index contributed by atoms with van der Waals surface area (Å²) in [4.78, 5) is 4.47. The largest absolute Gasteiger partial charge is 0.380 e. The number of nitrogens with one attached hydrogen (secondary N) is 1. The molecule has 0 aliphatic carbocycles. The van der Waals surface area contributed by atoms with Gasteiger partial charge in [0, 0.05) is 19.0 Å². The van der Waals surface area contributed by atoms with Crippen molar-refractivity contribution in [1.29, 1.82) is 5.26 Å². The Morgan fingerprint density at radius 1 is 1.44 bits per heavy atom. The first-order valence-electron chi connectivity index (χ1n) is 5.81. The SMILES string of the molecule is COC(C)CNc1cc(C#N)c2ccccc2n1. The van der Waals surface area contributed by atoms with E-state index in [0.717, 1.165) is 10.9 Å². The van der Waals surface area contributed by atoms with E-state index in [0.29, 0.717) is 17.9 Å². The summed E-state index contributed by atoms with van der Waals surface area (Å²) in [6, 6.07) is 11.6. The number of anilines is 1. The van der Waals surface area contributed by atoms with Gasteiger partial charge in [0.1, 0.15) is 5.82 Å². The van der Waals surface area contributed by atoms with Crippen LogP contribution in [0, 0.1) is 11.3 Å². The Morgan fingerprint density at radius 2 is 2.22 bits per heavy atom. The van der Waals surface area contributed by atoms with Crippen LogP contribution < -0.4 is 5.32 Å². The van der Waals surface area contributed by atoms with Gasteiger partial charge in [-0.3, -0.25) is 0 Å². The first kappa shape index (κ1) is 12.3. The lowest BCUT2D eigenvalue weighted by atomic mass is 10.1. The van der Waals surface area contributed by atoms with E-state index >= 15 is 0 Å². The number of aromatic nitrogens is 1. The van der Waals surface area contributed by atoms with Crippen LogP contribution in [0.2, 0.25) is 0 Å². The molecule has 1 N–H and O–H groups in total. The molecule has 0 radical (unpaired) electrons. The molecule has 1 atom stereocenters. The molecule has 0 aliphatic rings. The second kappa shape index (κ2) is 5.48. The maximum atomic E-state index is 9.15. The van der Waals surface area contributed by atoms with E-state index in [-0.39, 0.29) is 6.10 Å². The zero-order chi connectivity index (χ0) is 13.0. The van der Waals surface area contributed by atoms with Crippen molar-refractivity contribution in [1.82, 2.24) is 4.98 Å². The Morgan fingerprint density at radius 3 is 2.94 bits per heavy atom. The van der Waals surface area contributed by atoms with Gasteiger partial charge in [-0.05, 0) is 19.1 Å². The van der Waals surface area contributed by atoms with Crippen LogP contribution in [0.15, 0.2) is 30.3 Å². The number of hydrogen-bond donors (Lipinski definition) is 1. The Kier molecular flexibility index (Phi) is 3.75. The van der Waals surface area contributed by atoms with Crippen molar-refractivity contribution in [3.05, 3.63) is 35.9 Å². The predicted molar refractivity (Wildman–Crippen MR) is 71.4 cm³/mol. The zero-order valence-electron chi connectivity index (χ0n) is 10.5. The molecule has 4 nitrogen and oxygen atoms in total. The molecule has 92 valence electrons. The van der Waals surface area contributed by atoms with Crippen molar-refractivity contribution >= 4 is 16.7 Å². The van der Waals surface area contributed by atoms with Gasteiger partial charge in [-0.15, -0.1) is 0 Å². The Bertz CT molecular complexity index is 589. The second-order valence-corrected chi connectivity index (χ2v) is 4.11. The third-order valence-electron chi connectivity index (χ3n) is 2.81. The van der Waals surface area contributed by atoms with Crippen LogP contribution in [-0.2, 0) is 4.74 Å². The average molecular weight is 241 g/mol. The standard InChI is InChI=1S/C14H15N3O/c1-10(18-2)9-16-14-7-11(8-15)12-5-3-4-6-13(12)17-14/h3-7,10H,9H2,1-2H3,(H,16,17). The van der Waals surface area contributed by atoms with E-state index in [4.69, 9.17) is 10.00 Å². The molecule has 0 bridgehead atoms. The summed E-state index contributed by atoms with van der Waals surface area (Å²) < 4.78 is 5.16. The minimum absolute atomic E-state index is 0.101. The molecule has 18 heavy (non-hydrogen) atoms. The molecule has 0 saturated carbocycles. The van der Waals surface area contributed by atoms with Crippen molar-refractivity contribution in [2.45, 2.75) is 13.0 Å². The van der Waals surface area contributed by atoms with Gasteiger partial charge in [0.15, 0.2) is 0 Å². The monoisotopic (exact) mass is 241 g/mol. The summed E-state index contributed by atoms with van der Waals surface area (Å²) in [7, 11) is 1.67. The van der Waals surface area contributed by atoms with Crippen molar-refractivity contribution in [2.24, 2.45) is 0 Å². The third-order valence-corrected chi connectivity index (χ3v) is 2.81. The molecule has 2 aromatic rings. The van der Waals surface area contributed by atoms with Crippen LogP contribution in [0.25, 0.3) is 10.9 Å². The maximum absolute atomic E-state index is 9.15. The van der Waals surface area contributed by atoms with E-state index in [9.17, 15) is 0 Å². The fourth-order valence-electron chi connectivity index (χ4n) is 1.69. The number of benzene rings is 1. The number of nitrogens with zero attached hydrogens (tertiary/aromatic N) is 2. The number of para-hydroxylation sites is 1. The van der Waals surface area contributed by atoms with E-state index in [2.05, 4.69) is 16.4 Å². The lowest BCUT2D eigenvalue weighted by Crippen LogP contribution is -2.18. The molecule has 4 heteroatoms. The fraction of sp³-hybridized carbons (Fsp3) is 0.286. The molecule has 0 aliphatic heterocycles. The molecule has 2 rings (SSSR count). The average Bonchev–Trinajstić information content (AvgIpc) is 2.43. The highest BCUT2D eigenvalue weighted by Crippen LogP contribution is 2.19. The molecule has 0 saturated heterocycles. The Balaban J connectivity index is 2.33. The van der Waals surface area contributed by atoms with Gasteiger partial charge in [0.05, 0.1) is 23.3 Å². The molecule has 1 heterocycles. The Labute approximate surface area is 106 Å². The lowest BCUT2D eigenvalue weighted by Gasteiger charge is -2.12. The van der Waals surface area contributed by atoms with Gasteiger partial charge >= 0.3 is 0 Å². The van der Waals surface area contributed by atoms with Crippen molar-refractivity contribution < 1.29 is 4.74 Å². The number of rotatable bonds is 4. The summed E-state index contributed by atoms with van der Waals surface area (Å²) in [5.41, 5.74) is 1.46. The van der Waals surface area contributed by atoms with Gasteiger partial charge in [0.25, 0.3) is 0 Å². The first-order valence-corrected chi connectivity index (χ1v) is 5.81. The number of nitriles is 1.